The van der Waals surface area contributed by atoms with E-state index in [1.807, 2.05) is 64.2 Å². The van der Waals surface area contributed by atoms with Gasteiger partial charge in [-0.05, 0) is 31.0 Å². The van der Waals surface area contributed by atoms with Crippen LogP contribution in [0.2, 0.25) is 0 Å². The first kappa shape index (κ1) is 23.1. The molecule has 5 heterocycles. The Balaban J connectivity index is 1.10. The summed E-state index contributed by atoms with van der Waals surface area (Å²) in [4.78, 5) is 32.8. The quantitative estimate of drug-likeness (QED) is 0.417. The van der Waals surface area contributed by atoms with Crippen LogP contribution < -0.4 is 9.80 Å². The monoisotopic (exact) mass is 495 g/mol. The Hall–Kier alpha value is -4.34. The second-order valence-electron chi connectivity index (χ2n) is 9.38. The van der Waals surface area contributed by atoms with E-state index in [0.29, 0.717) is 25.5 Å². The molecular formula is C27H29N9O. The van der Waals surface area contributed by atoms with E-state index in [0.717, 1.165) is 55.6 Å². The van der Waals surface area contributed by atoms with Gasteiger partial charge in [0.1, 0.15) is 5.82 Å². The average Bonchev–Trinajstić information content (AvgIpc) is 3.48. The number of hydrogen-bond donors (Lipinski definition) is 0. The molecule has 6 rings (SSSR count). The smallest absolute Gasteiger partial charge is 0.227 e. The van der Waals surface area contributed by atoms with E-state index in [4.69, 9.17) is 0 Å². The molecule has 1 unspecified atom stereocenters. The number of carbonyl (C=O) groups is 1. The van der Waals surface area contributed by atoms with Crippen molar-refractivity contribution in [1.82, 2.24) is 34.6 Å². The summed E-state index contributed by atoms with van der Waals surface area (Å²) in [7, 11) is 0. The Morgan fingerprint density at radius 1 is 0.757 bits per heavy atom. The van der Waals surface area contributed by atoms with E-state index in [9.17, 15) is 4.79 Å². The van der Waals surface area contributed by atoms with Gasteiger partial charge in [0.2, 0.25) is 11.9 Å². The first-order chi connectivity index (χ1) is 18.3. The second-order valence-corrected chi connectivity index (χ2v) is 9.38. The van der Waals surface area contributed by atoms with E-state index < -0.39 is 0 Å². The lowest BCUT2D eigenvalue weighted by atomic mass is 9.96. The summed E-state index contributed by atoms with van der Waals surface area (Å²) in [5.74, 6) is 3.26. The maximum absolute atomic E-state index is 13.4. The standard InChI is InChI=1S/C27H29N9O/c37-26(33-16-18-34(19-17-33)27-29-11-5-12-30-27)22-8-4-14-35(20-22)23-9-10-24(32-31-23)36-15-13-28-25(36)21-6-2-1-3-7-21/h1-3,5-7,9-13,15,22H,4,8,14,16-20H2. The molecule has 37 heavy (non-hydrogen) atoms. The predicted molar refractivity (Wildman–Crippen MR) is 140 cm³/mol. The van der Waals surface area contributed by atoms with Crippen molar-refractivity contribution in [3.63, 3.8) is 0 Å². The second kappa shape index (κ2) is 10.3. The number of benzene rings is 1. The predicted octanol–water partition coefficient (Wildman–Crippen LogP) is 2.68. The number of hydrogen-bond acceptors (Lipinski definition) is 8. The van der Waals surface area contributed by atoms with Gasteiger partial charge < -0.3 is 14.7 Å². The molecule has 0 aliphatic carbocycles. The third-order valence-corrected chi connectivity index (χ3v) is 7.08. The summed E-state index contributed by atoms with van der Waals surface area (Å²) in [5.41, 5.74) is 1.02. The Bertz CT molecular complexity index is 1320. The zero-order valence-electron chi connectivity index (χ0n) is 20.6. The van der Waals surface area contributed by atoms with Gasteiger partial charge >= 0.3 is 0 Å². The maximum atomic E-state index is 13.4. The summed E-state index contributed by atoms with van der Waals surface area (Å²) >= 11 is 0. The molecule has 2 aliphatic rings. The van der Waals surface area contributed by atoms with Gasteiger partial charge in [-0.25, -0.2) is 15.0 Å². The Kier molecular flexibility index (Phi) is 6.45. The van der Waals surface area contributed by atoms with Crippen molar-refractivity contribution in [3.8, 4) is 17.2 Å². The van der Waals surface area contributed by atoms with Crippen LogP contribution in [0.25, 0.3) is 17.2 Å². The van der Waals surface area contributed by atoms with Crippen molar-refractivity contribution < 1.29 is 4.79 Å². The normalized spacial score (nSPS) is 18.2. The summed E-state index contributed by atoms with van der Waals surface area (Å²) in [6, 6.07) is 15.8. The summed E-state index contributed by atoms with van der Waals surface area (Å²) in [6.45, 7) is 4.41. The molecule has 4 aromatic rings. The van der Waals surface area contributed by atoms with Crippen molar-refractivity contribution in [1.29, 1.82) is 0 Å². The van der Waals surface area contributed by atoms with Gasteiger partial charge in [0, 0.05) is 69.6 Å². The molecule has 3 aromatic heterocycles. The fourth-order valence-electron chi connectivity index (χ4n) is 5.13. The minimum atomic E-state index is -0.0342. The van der Waals surface area contributed by atoms with E-state index >= 15 is 0 Å². The van der Waals surface area contributed by atoms with Crippen LogP contribution in [0, 0.1) is 5.92 Å². The van der Waals surface area contributed by atoms with Crippen molar-refractivity contribution in [2.24, 2.45) is 5.92 Å². The molecule has 1 atom stereocenters. The molecule has 10 nitrogen and oxygen atoms in total. The van der Waals surface area contributed by atoms with Gasteiger partial charge in [0.05, 0.1) is 5.92 Å². The fourth-order valence-corrected chi connectivity index (χ4v) is 5.13. The van der Waals surface area contributed by atoms with Crippen molar-refractivity contribution in [3.05, 3.63) is 73.3 Å². The number of imidazole rings is 1. The highest BCUT2D eigenvalue weighted by Crippen LogP contribution is 2.25. The lowest BCUT2D eigenvalue weighted by molar-refractivity contribution is -0.136. The number of aromatic nitrogens is 6. The minimum absolute atomic E-state index is 0.0342. The number of anilines is 2. The number of piperidine rings is 1. The third-order valence-electron chi connectivity index (χ3n) is 7.08. The highest BCUT2D eigenvalue weighted by atomic mass is 16.2. The van der Waals surface area contributed by atoms with Crippen LogP contribution in [0.4, 0.5) is 11.8 Å². The molecule has 2 fully saturated rings. The fraction of sp³-hybridized carbons (Fsp3) is 0.333. The molecule has 0 spiro atoms. The highest BCUT2D eigenvalue weighted by molar-refractivity contribution is 5.80. The lowest BCUT2D eigenvalue weighted by Crippen LogP contribution is -2.53. The van der Waals surface area contributed by atoms with Gasteiger partial charge in [-0.3, -0.25) is 9.36 Å². The van der Waals surface area contributed by atoms with Crippen molar-refractivity contribution in [2.45, 2.75) is 12.8 Å². The molecular weight excluding hydrogens is 466 g/mol. The molecule has 2 saturated heterocycles. The number of rotatable bonds is 5. The molecule has 10 heteroatoms. The van der Waals surface area contributed by atoms with Crippen LogP contribution in [0.5, 0.6) is 0 Å². The van der Waals surface area contributed by atoms with Crippen LogP contribution in [0.1, 0.15) is 12.8 Å². The molecule has 0 N–H and O–H groups in total. The van der Waals surface area contributed by atoms with Gasteiger partial charge in [0.15, 0.2) is 11.6 Å². The van der Waals surface area contributed by atoms with Crippen LogP contribution in [0.15, 0.2) is 73.3 Å². The molecule has 0 radical (unpaired) electrons. The Labute approximate surface area is 215 Å². The molecule has 0 bridgehead atoms. The minimum Gasteiger partial charge on any atom is -0.354 e. The SMILES string of the molecule is O=C(C1CCCN(c2ccc(-n3ccnc3-c3ccccc3)nn2)C1)N1CCN(c2ncccn2)CC1. The van der Waals surface area contributed by atoms with Crippen molar-refractivity contribution >= 4 is 17.7 Å². The van der Waals surface area contributed by atoms with Gasteiger partial charge in [-0.15, -0.1) is 10.2 Å². The van der Waals surface area contributed by atoms with Gasteiger partial charge in [-0.1, -0.05) is 30.3 Å². The van der Waals surface area contributed by atoms with Crippen LogP contribution in [0.3, 0.4) is 0 Å². The zero-order valence-corrected chi connectivity index (χ0v) is 20.6. The summed E-state index contributed by atoms with van der Waals surface area (Å²) < 4.78 is 1.94. The van der Waals surface area contributed by atoms with Gasteiger partial charge in [0.25, 0.3) is 0 Å². The average molecular weight is 496 g/mol. The summed E-state index contributed by atoms with van der Waals surface area (Å²) in [6.07, 6.45) is 9.03. The Morgan fingerprint density at radius 3 is 2.27 bits per heavy atom. The first-order valence-corrected chi connectivity index (χ1v) is 12.7. The molecule has 188 valence electrons. The molecule has 1 amide bonds. The number of nitrogens with zero attached hydrogens (tertiary/aromatic N) is 9. The molecule has 2 aliphatic heterocycles. The zero-order chi connectivity index (χ0) is 25.0. The largest absolute Gasteiger partial charge is 0.354 e. The first-order valence-electron chi connectivity index (χ1n) is 12.7. The number of piperazine rings is 1. The van der Waals surface area contributed by atoms with Crippen LogP contribution >= 0.6 is 0 Å². The van der Waals surface area contributed by atoms with E-state index in [2.05, 4.69) is 34.9 Å². The summed E-state index contributed by atoms with van der Waals surface area (Å²) in [5, 5.41) is 9.02. The number of carbonyl (C=O) groups excluding carboxylic acids is 1. The van der Waals surface area contributed by atoms with E-state index in [1.54, 1.807) is 18.6 Å². The number of amides is 1. The molecule has 0 saturated carbocycles. The Morgan fingerprint density at radius 2 is 1.51 bits per heavy atom. The van der Waals surface area contributed by atoms with Crippen LogP contribution in [-0.4, -0.2) is 79.8 Å². The van der Waals surface area contributed by atoms with E-state index in [-0.39, 0.29) is 11.8 Å². The third kappa shape index (κ3) is 4.87. The topological polar surface area (TPSA) is 96.2 Å². The van der Waals surface area contributed by atoms with E-state index in [1.165, 1.54) is 0 Å². The molecule has 1 aromatic carbocycles. The highest BCUT2D eigenvalue weighted by Gasteiger charge is 2.32. The van der Waals surface area contributed by atoms with Crippen molar-refractivity contribution in [2.75, 3.05) is 49.1 Å². The lowest BCUT2D eigenvalue weighted by Gasteiger charge is -2.39. The van der Waals surface area contributed by atoms with Gasteiger partial charge in [-0.2, -0.15) is 0 Å². The van der Waals surface area contributed by atoms with Crippen LogP contribution in [-0.2, 0) is 4.79 Å². The maximum Gasteiger partial charge on any atom is 0.227 e.